The van der Waals surface area contributed by atoms with Gasteiger partial charge in [0.1, 0.15) is 0 Å². The maximum absolute atomic E-state index is 13.4. The number of rotatable bonds is 5. The lowest BCUT2D eigenvalue weighted by molar-refractivity contribution is 0.0785. The van der Waals surface area contributed by atoms with Crippen molar-refractivity contribution >= 4 is 11.6 Å². The van der Waals surface area contributed by atoms with Gasteiger partial charge in [-0.05, 0) is 55.8 Å². The molecule has 0 saturated carbocycles. The summed E-state index contributed by atoms with van der Waals surface area (Å²) in [5, 5.41) is 0. The first kappa shape index (κ1) is 20.3. The van der Waals surface area contributed by atoms with Crippen molar-refractivity contribution in [1.82, 2.24) is 9.80 Å². The minimum absolute atomic E-state index is 0.152. The zero-order valence-corrected chi connectivity index (χ0v) is 16.7. The van der Waals surface area contributed by atoms with E-state index >= 15 is 0 Å². The molecule has 0 aromatic heterocycles. The average molecular weight is 387 g/mol. The second kappa shape index (κ2) is 8.69. The summed E-state index contributed by atoms with van der Waals surface area (Å²) in [6.07, 6.45) is 0. The summed E-state index contributed by atoms with van der Waals surface area (Å²) in [6.45, 7) is 8.67. The zero-order valence-electron chi connectivity index (χ0n) is 16.7. The fourth-order valence-electron chi connectivity index (χ4n) is 3.52. The summed E-state index contributed by atoms with van der Waals surface area (Å²) < 4.78 is 26.4. The van der Waals surface area contributed by atoms with Crippen molar-refractivity contribution in [2.75, 3.05) is 38.1 Å². The Balaban J connectivity index is 1.61. The average Bonchev–Trinajstić information content (AvgIpc) is 2.70. The molecule has 1 aliphatic rings. The van der Waals surface area contributed by atoms with Crippen LogP contribution in [0.4, 0.5) is 14.5 Å². The second-order valence-corrected chi connectivity index (χ2v) is 7.57. The van der Waals surface area contributed by atoms with Crippen molar-refractivity contribution in [2.24, 2.45) is 0 Å². The molecule has 0 atom stereocenters. The number of carbonyl (C=O) groups excluding carboxylic acids is 1. The number of halogens is 2. The normalized spacial score (nSPS) is 15.1. The molecule has 3 rings (SSSR count). The van der Waals surface area contributed by atoms with Crippen LogP contribution in [0.5, 0.6) is 0 Å². The molecule has 0 aliphatic carbocycles. The van der Waals surface area contributed by atoms with Gasteiger partial charge in [-0.2, -0.15) is 0 Å². The van der Waals surface area contributed by atoms with Gasteiger partial charge < -0.3 is 9.80 Å². The van der Waals surface area contributed by atoms with Crippen molar-refractivity contribution in [3.05, 3.63) is 65.2 Å². The van der Waals surface area contributed by atoms with Gasteiger partial charge in [-0.15, -0.1) is 0 Å². The standard InChI is InChI=1S/C22H27F2N3O/c1-16(2)26-10-12-27(13-11-26)19-7-5-18(6-8-19)22(28)25(3)15-17-4-9-20(23)21(24)14-17/h4-9,14,16H,10-13,15H2,1-3H3. The van der Waals surface area contributed by atoms with Gasteiger partial charge in [-0.25, -0.2) is 8.78 Å². The van der Waals surface area contributed by atoms with Crippen LogP contribution in [0.3, 0.4) is 0 Å². The molecule has 0 N–H and O–H groups in total. The molecule has 2 aromatic carbocycles. The van der Waals surface area contributed by atoms with Gasteiger partial charge in [0.25, 0.3) is 5.91 Å². The first-order valence-corrected chi connectivity index (χ1v) is 9.63. The third-order valence-electron chi connectivity index (χ3n) is 5.27. The molecule has 28 heavy (non-hydrogen) atoms. The number of anilines is 1. The highest BCUT2D eigenvalue weighted by Crippen LogP contribution is 2.19. The smallest absolute Gasteiger partial charge is 0.253 e. The predicted octanol–water partition coefficient (Wildman–Crippen LogP) is 3.77. The van der Waals surface area contributed by atoms with Gasteiger partial charge >= 0.3 is 0 Å². The molecule has 1 aliphatic heterocycles. The fourth-order valence-corrected chi connectivity index (χ4v) is 3.52. The molecule has 150 valence electrons. The molecule has 1 saturated heterocycles. The number of amides is 1. The Labute approximate surface area is 165 Å². The van der Waals surface area contributed by atoms with Crippen LogP contribution in [0.1, 0.15) is 29.8 Å². The van der Waals surface area contributed by atoms with Crippen molar-refractivity contribution in [1.29, 1.82) is 0 Å². The summed E-state index contributed by atoms with van der Waals surface area (Å²) in [5.41, 5.74) is 2.24. The number of piperazine rings is 1. The van der Waals surface area contributed by atoms with Crippen molar-refractivity contribution in [2.45, 2.75) is 26.4 Å². The first-order valence-electron chi connectivity index (χ1n) is 9.63. The third-order valence-corrected chi connectivity index (χ3v) is 5.27. The Bertz CT molecular complexity index is 815. The quantitative estimate of drug-likeness (QED) is 0.782. The lowest BCUT2D eigenvalue weighted by Crippen LogP contribution is -2.48. The molecule has 4 nitrogen and oxygen atoms in total. The highest BCUT2D eigenvalue weighted by Gasteiger charge is 2.19. The number of nitrogens with zero attached hydrogens (tertiary/aromatic N) is 3. The Morgan fingerprint density at radius 2 is 1.64 bits per heavy atom. The van der Waals surface area contributed by atoms with E-state index < -0.39 is 11.6 Å². The van der Waals surface area contributed by atoms with E-state index in [4.69, 9.17) is 0 Å². The monoisotopic (exact) mass is 387 g/mol. The van der Waals surface area contributed by atoms with E-state index in [2.05, 4.69) is 23.6 Å². The van der Waals surface area contributed by atoms with Crippen molar-refractivity contribution in [3.8, 4) is 0 Å². The van der Waals surface area contributed by atoms with Gasteiger partial charge in [-0.3, -0.25) is 9.69 Å². The van der Waals surface area contributed by atoms with E-state index in [1.807, 2.05) is 24.3 Å². The van der Waals surface area contributed by atoms with Gasteiger partial charge in [0.2, 0.25) is 0 Å². The third kappa shape index (κ3) is 4.68. The van der Waals surface area contributed by atoms with E-state index in [0.717, 1.165) is 44.0 Å². The summed E-state index contributed by atoms with van der Waals surface area (Å²) in [5.74, 6) is -1.94. The molecular weight excluding hydrogens is 360 g/mol. The maximum Gasteiger partial charge on any atom is 0.253 e. The SMILES string of the molecule is CC(C)N1CCN(c2ccc(C(=O)N(C)Cc3ccc(F)c(F)c3)cc2)CC1. The molecule has 0 unspecified atom stereocenters. The molecule has 1 amide bonds. The van der Waals surface area contributed by atoms with E-state index in [1.54, 1.807) is 7.05 Å². The maximum atomic E-state index is 13.4. The van der Waals surface area contributed by atoms with Crippen LogP contribution in [-0.4, -0.2) is 55.0 Å². The Morgan fingerprint density at radius 1 is 1.00 bits per heavy atom. The molecule has 0 spiro atoms. The second-order valence-electron chi connectivity index (χ2n) is 7.57. The topological polar surface area (TPSA) is 26.8 Å². The van der Waals surface area contributed by atoms with Gasteiger partial charge in [0.15, 0.2) is 11.6 Å². The lowest BCUT2D eigenvalue weighted by Gasteiger charge is -2.38. The molecule has 0 radical (unpaired) electrons. The van der Waals surface area contributed by atoms with Crippen LogP contribution < -0.4 is 4.90 Å². The minimum Gasteiger partial charge on any atom is -0.369 e. The van der Waals surface area contributed by atoms with Gasteiger partial charge in [0, 0.05) is 57.1 Å². The van der Waals surface area contributed by atoms with E-state index in [-0.39, 0.29) is 12.5 Å². The number of hydrogen-bond acceptors (Lipinski definition) is 3. The summed E-state index contributed by atoms with van der Waals surface area (Å²) in [7, 11) is 1.66. The van der Waals surface area contributed by atoms with E-state index in [1.165, 1.54) is 11.0 Å². The van der Waals surface area contributed by atoms with Crippen LogP contribution >= 0.6 is 0 Å². The fraction of sp³-hybridized carbons (Fsp3) is 0.409. The lowest BCUT2D eigenvalue weighted by atomic mass is 10.1. The Kier molecular flexibility index (Phi) is 6.29. The number of hydrogen-bond donors (Lipinski definition) is 0. The summed E-state index contributed by atoms with van der Waals surface area (Å²) >= 11 is 0. The number of benzene rings is 2. The predicted molar refractivity (Wildman–Crippen MR) is 108 cm³/mol. The largest absolute Gasteiger partial charge is 0.369 e. The summed E-state index contributed by atoms with van der Waals surface area (Å²) in [6, 6.07) is 11.9. The first-order chi connectivity index (χ1) is 13.3. The molecule has 6 heteroatoms. The van der Waals surface area contributed by atoms with Crippen molar-refractivity contribution < 1.29 is 13.6 Å². The van der Waals surface area contributed by atoms with Crippen LogP contribution in [-0.2, 0) is 6.54 Å². The number of carbonyl (C=O) groups is 1. The van der Waals surface area contributed by atoms with Gasteiger partial charge in [-0.1, -0.05) is 6.07 Å². The molecule has 2 aromatic rings. The van der Waals surface area contributed by atoms with Crippen LogP contribution in [0, 0.1) is 11.6 Å². The van der Waals surface area contributed by atoms with Crippen LogP contribution in [0.15, 0.2) is 42.5 Å². The minimum atomic E-state index is -0.903. The van der Waals surface area contributed by atoms with E-state index in [9.17, 15) is 13.6 Å². The highest BCUT2D eigenvalue weighted by molar-refractivity contribution is 5.94. The molecule has 1 fully saturated rings. The van der Waals surface area contributed by atoms with Gasteiger partial charge in [0.05, 0.1) is 0 Å². The van der Waals surface area contributed by atoms with Crippen LogP contribution in [0.2, 0.25) is 0 Å². The van der Waals surface area contributed by atoms with Crippen LogP contribution in [0.25, 0.3) is 0 Å². The molecule has 1 heterocycles. The summed E-state index contributed by atoms with van der Waals surface area (Å²) in [4.78, 5) is 18.9. The molecule has 0 bridgehead atoms. The Morgan fingerprint density at radius 3 is 2.21 bits per heavy atom. The van der Waals surface area contributed by atoms with E-state index in [0.29, 0.717) is 17.2 Å². The Hall–Kier alpha value is -2.47. The zero-order chi connectivity index (χ0) is 20.3. The van der Waals surface area contributed by atoms with Crippen molar-refractivity contribution in [3.63, 3.8) is 0 Å². The molecular formula is C22H27F2N3O. The highest BCUT2D eigenvalue weighted by atomic mass is 19.2.